The fourth-order valence-corrected chi connectivity index (χ4v) is 1.46. The number of H-pyrrole nitrogens is 1. The van der Waals surface area contributed by atoms with Crippen LogP contribution in [0.1, 0.15) is 11.3 Å². The van der Waals surface area contributed by atoms with Crippen LogP contribution in [0.25, 0.3) is 0 Å². The van der Waals surface area contributed by atoms with Gasteiger partial charge in [-0.1, -0.05) is 6.07 Å². The van der Waals surface area contributed by atoms with E-state index in [1.165, 1.54) is 0 Å². The van der Waals surface area contributed by atoms with Gasteiger partial charge in [0, 0.05) is 36.7 Å². The van der Waals surface area contributed by atoms with E-state index in [4.69, 9.17) is 4.74 Å². The van der Waals surface area contributed by atoms with Gasteiger partial charge in [0.05, 0.1) is 13.4 Å². The number of aromatic nitrogens is 3. The maximum atomic E-state index is 5.16. The molecule has 2 N–H and O–H groups in total. The maximum Gasteiger partial charge on any atom is 0.217 e. The highest BCUT2D eigenvalue weighted by Gasteiger charge is 2.02. The number of hydrogen-bond donors (Lipinski definition) is 2. The summed E-state index contributed by atoms with van der Waals surface area (Å²) in [6, 6.07) is 3.89. The molecule has 0 unspecified atom stereocenters. The molecule has 5 nitrogen and oxygen atoms in total. The van der Waals surface area contributed by atoms with Crippen LogP contribution in [0.15, 0.2) is 30.9 Å². The van der Waals surface area contributed by atoms with E-state index >= 15 is 0 Å². The van der Waals surface area contributed by atoms with E-state index in [9.17, 15) is 0 Å². The van der Waals surface area contributed by atoms with E-state index in [0.717, 1.165) is 24.3 Å². The Hall–Kier alpha value is -1.88. The molecule has 0 atom stereocenters. The lowest BCUT2D eigenvalue weighted by Crippen LogP contribution is -2.13. The molecule has 2 aromatic rings. The lowest BCUT2D eigenvalue weighted by Gasteiger charge is -2.07. The number of nitrogens with one attached hydrogen (secondary N) is 2. The Kier molecular flexibility index (Phi) is 3.50. The molecule has 0 aliphatic carbocycles. The zero-order valence-corrected chi connectivity index (χ0v) is 9.10. The minimum atomic E-state index is 0.666. The molecule has 0 spiro atoms. The maximum absolute atomic E-state index is 5.16. The third-order valence-corrected chi connectivity index (χ3v) is 2.23. The second-order valence-electron chi connectivity index (χ2n) is 3.35. The molecule has 0 fully saturated rings. The fraction of sp³-hybridized carbons (Fsp3) is 0.273. The predicted octanol–water partition coefficient (Wildman–Crippen LogP) is 1.10. The first-order valence-corrected chi connectivity index (χ1v) is 5.06. The summed E-state index contributed by atoms with van der Waals surface area (Å²) in [7, 11) is 1.63. The Morgan fingerprint density at radius 3 is 3.12 bits per heavy atom. The molecule has 0 saturated heterocycles. The first kappa shape index (κ1) is 10.6. The summed E-state index contributed by atoms with van der Waals surface area (Å²) in [5.74, 6) is 0.666. The number of nitrogens with zero attached hydrogens (tertiary/aromatic N) is 2. The Morgan fingerprint density at radius 1 is 1.44 bits per heavy atom. The molecule has 0 amide bonds. The molecule has 16 heavy (non-hydrogen) atoms. The first-order chi connectivity index (χ1) is 7.90. The normalized spacial score (nSPS) is 10.3. The van der Waals surface area contributed by atoms with E-state index < -0.39 is 0 Å². The van der Waals surface area contributed by atoms with Gasteiger partial charge < -0.3 is 15.0 Å². The SMILES string of the molecule is COc1ncccc1CNCc1cnc[nH]1. The van der Waals surface area contributed by atoms with Crippen molar-refractivity contribution in [3.63, 3.8) is 0 Å². The number of imidazole rings is 1. The largest absolute Gasteiger partial charge is 0.481 e. The van der Waals surface area contributed by atoms with E-state index in [1.54, 1.807) is 25.8 Å². The van der Waals surface area contributed by atoms with Crippen LogP contribution < -0.4 is 10.1 Å². The van der Waals surface area contributed by atoms with Crippen LogP contribution in [-0.4, -0.2) is 22.1 Å². The first-order valence-electron chi connectivity index (χ1n) is 5.06. The third-order valence-electron chi connectivity index (χ3n) is 2.23. The third kappa shape index (κ3) is 2.58. The second-order valence-corrected chi connectivity index (χ2v) is 3.35. The second kappa shape index (κ2) is 5.27. The van der Waals surface area contributed by atoms with Crippen molar-refractivity contribution in [1.29, 1.82) is 0 Å². The van der Waals surface area contributed by atoms with Crippen LogP contribution in [-0.2, 0) is 13.1 Å². The lowest BCUT2D eigenvalue weighted by molar-refractivity contribution is 0.390. The number of ether oxygens (including phenoxy) is 1. The average molecular weight is 218 g/mol. The molecular weight excluding hydrogens is 204 g/mol. The molecule has 0 radical (unpaired) electrons. The quantitative estimate of drug-likeness (QED) is 0.789. The monoisotopic (exact) mass is 218 g/mol. The molecule has 5 heteroatoms. The highest BCUT2D eigenvalue weighted by atomic mass is 16.5. The van der Waals surface area contributed by atoms with Crippen molar-refractivity contribution < 1.29 is 4.74 Å². The predicted molar refractivity (Wildman–Crippen MR) is 59.9 cm³/mol. The van der Waals surface area contributed by atoms with E-state index in [1.807, 2.05) is 12.1 Å². The van der Waals surface area contributed by atoms with Crippen LogP contribution in [0.3, 0.4) is 0 Å². The highest BCUT2D eigenvalue weighted by molar-refractivity contribution is 5.25. The molecule has 0 aliphatic rings. The molecular formula is C11H14N4O. The zero-order valence-electron chi connectivity index (χ0n) is 9.10. The van der Waals surface area contributed by atoms with Crippen molar-refractivity contribution >= 4 is 0 Å². The topological polar surface area (TPSA) is 62.8 Å². The number of methoxy groups -OCH3 is 1. The molecule has 0 bridgehead atoms. The van der Waals surface area contributed by atoms with Crippen LogP contribution in [0, 0.1) is 0 Å². The summed E-state index contributed by atoms with van der Waals surface area (Å²) in [5.41, 5.74) is 2.10. The smallest absolute Gasteiger partial charge is 0.217 e. The summed E-state index contributed by atoms with van der Waals surface area (Å²) >= 11 is 0. The van der Waals surface area contributed by atoms with Gasteiger partial charge >= 0.3 is 0 Å². The number of pyridine rings is 1. The number of rotatable bonds is 5. The van der Waals surface area contributed by atoms with Gasteiger partial charge in [0.1, 0.15) is 0 Å². The van der Waals surface area contributed by atoms with Crippen LogP contribution >= 0.6 is 0 Å². The van der Waals surface area contributed by atoms with Gasteiger partial charge in [-0.25, -0.2) is 9.97 Å². The van der Waals surface area contributed by atoms with Crippen molar-refractivity contribution in [3.05, 3.63) is 42.1 Å². The van der Waals surface area contributed by atoms with E-state index in [-0.39, 0.29) is 0 Å². The van der Waals surface area contributed by atoms with Gasteiger partial charge in [-0.2, -0.15) is 0 Å². The van der Waals surface area contributed by atoms with Crippen LogP contribution in [0.4, 0.5) is 0 Å². The minimum Gasteiger partial charge on any atom is -0.481 e. The summed E-state index contributed by atoms with van der Waals surface area (Å²) in [4.78, 5) is 11.1. The van der Waals surface area contributed by atoms with Crippen molar-refractivity contribution in [2.45, 2.75) is 13.1 Å². The summed E-state index contributed by atoms with van der Waals surface area (Å²) in [6.45, 7) is 1.47. The molecule has 0 aromatic carbocycles. The number of aromatic amines is 1. The van der Waals surface area contributed by atoms with Gasteiger partial charge in [0.15, 0.2) is 0 Å². The van der Waals surface area contributed by atoms with E-state index in [2.05, 4.69) is 20.3 Å². The molecule has 0 saturated carbocycles. The van der Waals surface area contributed by atoms with Gasteiger partial charge in [-0.3, -0.25) is 0 Å². The van der Waals surface area contributed by atoms with E-state index in [0.29, 0.717) is 5.88 Å². The van der Waals surface area contributed by atoms with Gasteiger partial charge in [-0.15, -0.1) is 0 Å². The molecule has 2 rings (SSSR count). The summed E-state index contributed by atoms with van der Waals surface area (Å²) in [6.07, 6.45) is 5.19. The summed E-state index contributed by atoms with van der Waals surface area (Å²) < 4.78 is 5.16. The molecule has 84 valence electrons. The zero-order chi connectivity index (χ0) is 11.2. The summed E-state index contributed by atoms with van der Waals surface area (Å²) in [5, 5.41) is 3.29. The minimum absolute atomic E-state index is 0.666. The van der Waals surface area contributed by atoms with Gasteiger partial charge in [0.2, 0.25) is 5.88 Å². The van der Waals surface area contributed by atoms with Crippen molar-refractivity contribution in [1.82, 2.24) is 20.3 Å². The van der Waals surface area contributed by atoms with Gasteiger partial charge in [-0.05, 0) is 6.07 Å². The fourth-order valence-electron chi connectivity index (χ4n) is 1.46. The van der Waals surface area contributed by atoms with Crippen molar-refractivity contribution in [2.24, 2.45) is 0 Å². The average Bonchev–Trinajstić information content (AvgIpc) is 2.83. The Labute approximate surface area is 93.9 Å². The van der Waals surface area contributed by atoms with Crippen LogP contribution in [0.5, 0.6) is 5.88 Å². The number of hydrogen-bond acceptors (Lipinski definition) is 4. The van der Waals surface area contributed by atoms with Crippen molar-refractivity contribution in [2.75, 3.05) is 7.11 Å². The van der Waals surface area contributed by atoms with Gasteiger partial charge in [0.25, 0.3) is 0 Å². The highest BCUT2D eigenvalue weighted by Crippen LogP contribution is 2.12. The standard InChI is InChI=1S/C11H14N4O/c1-16-11-9(3-2-4-14-11)5-12-6-10-7-13-8-15-10/h2-4,7-8,12H,5-6H2,1H3,(H,13,15). The Balaban J connectivity index is 1.89. The Morgan fingerprint density at radius 2 is 2.38 bits per heavy atom. The Bertz CT molecular complexity index is 427. The van der Waals surface area contributed by atoms with Crippen molar-refractivity contribution in [3.8, 4) is 5.88 Å². The molecule has 2 aromatic heterocycles. The lowest BCUT2D eigenvalue weighted by atomic mass is 10.2. The molecule has 0 aliphatic heterocycles. The molecule has 2 heterocycles. The van der Waals surface area contributed by atoms with Crippen LogP contribution in [0.2, 0.25) is 0 Å².